The van der Waals surface area contributed by atoms with E-state index < -0.39 is 0 Å². The number of amides is 1. The second-order valence-electron chi connectivity index (χ2n) is 6.67. The molecule has 1 fully saturated rings. The molecule has 1 aromatic heterocycles. The molecule has 1 atom stereocenters. The summed E-state index contributed by atoms with van der Waals surface area (Å²) in [6, 6.07) is 18.1. The minimum absolute atomic E-state index is 0.0152. The molecule has 5 nitrogen and oxygen atoms in total. The van der Waals surface area contributed by atoms with Gasteiger partial charge in [-0.25, -0.2) is 0 Å². The first-order chi connectivity index (χ1) is 12.7. The smallest absolute Gasteiger partial charge is 0.257 e. The average Bonchev–Trinajstić information content (AvgIpc) is 3.31. The lowest BCUT2D eigenvalue weighted by atomic mass is 10.1. The van der Waals surface area contributed by atoms with Crippen LogP contribution in [-0.2, 0) is 17.8 Å². The summed E-state index contributed by atoms with van der Waals surface area (Å²) in [6.45, 7) is 3.39. The molecule has 0 radical (unpaired) electrons. The Bertz CT molecular complexity index is 887. The topological polar surface area (TPSA) is 59.2 Å². The minimum atomic E-state index is -0.0152. The first-order valence-corrected chi connectivity index (χ1v) is 8.97. The Morgan fingerprint density at radius 3 is 2.54 bits per heavy atom. The lowest BCUT2D eigenvalue weighted by Crippen LogP contribution is -2.24. The lowest BCUT2D eigenvalue weighted by molar-refractivity contribution is -0.128. The van der Waals surface area contributed by atoms with Crippen LogP contribution in [0.5, 0.6) is 0 Å². The van der Waals surface area contributed by atoms with Crippen molar-refractivity contribution in [2.24, 2.45) is 0 Å². The molecule has 1 saturated heterocycles. The molecule has 4 rings (SSSR count). The van der Waals surface area contributed by atoms with E-state index in [0.717, 1.165) is 17.5 Å². The van der Waals surface area contributed by atoms with Crippen LogP contribution in [0.1, 0.15) is 36.2 Å². The molecular formula is C21H21N3O2. The number of rotatable bonds is 5. The van der Waals surface area contributed by atoms with Crippen molar-refractivity contribution in [3.63, 3.8) is 0 Å². The van der Waals surface area contributed by atoms with Crippen molar-refractivity contribution >= 4 is 5.91 Å². The Kier molecular flexibility index (Phi) is 4.52. The van der Waals surface area contributed by atoms with Crippen LogP contribution in [-0.4, -0.2) is 27.5 Å². The maximum absolute atomic E-state index is 12.4. The van der Waals surface area contributed by atoms with Gasteiger partial charge in [0.15, 0.2) is 5.82 Å². The van der Waals surface area contributed by atoms with Crippen molar-refractivity contribution in [3.8, 4) is 11.5 Å². The van der Waals surface area contributed by atoms with Crippen molar-refractivity contribution in [2.45, 2.75) is 32.2 Å². The molecule has 0 saturated carbocycles. The van der Waals surface area contributed by atoms with E-state index in [4.69, 9.17) is 4.52 Å². The second-order valence-corrected chi connectivity index (χ2v) is 6.67. The summed E-state index contributed by atoms with van der Waals surface area (Å²) in [7, 11) is 0. The first-order valence-electron chi connectivity index (χ1n) is 8.97. The number of likely N-dealkylation sites (tertiary alicyclic amines) is 1. The minimum Gasteiger partial charge on any atom is -0.338 e. The van der Waals surface area contributed by atoms with Gasteiger partial charge in [0.05, 0.1) is 0 Å². The van der Waals surface area contributed by atoms with Crippen molar-refractivity contribution in [1.82, 2.24) is 15.0 Å². The van der Waals surface area contributed by atoms with Crippen LogP contribution in [0.25, 0.3) is 11.5 Å². The Morgan fingerprint density at radius 2 is 1.81 bits per heavy atom. The highest BCUT2D eigenvalue weighted by atomic mass is 16.5. The van der Waals surface area contributed by atoms with Crippen molar-refractivity contribution in [3.05, 3.63) is 71.5 Å². The molecule has 0 N–H and O–H groups in total. The van der Waals surface area contributed by atoms with Crippen LogP contribution in [0.3, 0.4) is 0 Å². The highest BCUT2D eigenvalue weighted by molar-refractivity contribution is 5.79. The van der Waals surface area contributed by atoms with Crippen LogP contribution in [0.2, 0.25) is 0 Å². The number of hydrogen-bond donors (Lipinski definition) is 0. The summed E-state index contributed by atoms with van der Waals surface area (Å²) < 4.78 is 5.39. The summed E-state index contributed by atoms with van der Waals surface area (Å²) in [5, 5.41) is 4.11. The fourth-order valence-electron chi connectivity index (χ4n) is 3.30. The SMILES string of the molecule is CCc1ccc(CN2CC(c3noc(-c4ccccc4)n3)CC2=O)cc1. The molecule has 26 heavy (non-hydrogen) atoms. The molecule has 2 aromatic carbocycles. The molecular weight excluding hydrogens is 326 g/mol. The molecule has 1 amide bonds. The molecule has 2 heterocycles. The molecule has 0 aliphatic carbocycles. The monoisotopic (exact) mass is 347 g/mol. The van der Waals surface area contributed by atoms with Gasteiger partial charge in [-0.05, 0) is 29.7 Å². The summed E-state index contributed by atoms with van der Waals surface area (Å²) >= 11 is 0. The zero-order valence-corrected chi connectivity index (χ0v) is 14.8. The van der Waals surface area contributed by atoms with E-state index >= 15 is 0 Å². The van der Waals surface area contributed by atoms with Gasteiger partial charge in [-0.1, -0.05) is 54.5 Å². The molecule has 0 spiro atoms. The van der Waals surface area contributed by atoms with Crippen molar-refractivity contribution in [1.29, 1.82) is 0 Å². The zero-order valence-electron chi connectivity index (χ0n) is 14.8. The fourth-order valence-corrected chi connectivity index (χ4v) is 3.30. The molecule has 5 heteroatoms. The lowest BCUT2D eigenvalue weighted by Gasteiger charge is -2.16. The largest absolute Gasteiger partial charge is 0.338 e. The van der Waals surface area contributed by atoms with Gasteiger partial charge in [0.2, 0.25) is 5.91 Å². The molecule has 132 valence electrons. The number of benzene rings is 2. The number of nitrogens with zero attached hydrogens (tertiary/aromatic N) is 3. The van der Waals surface area contributed by atoms with Crippen LogP contribution in [0, 0.1) is 0 Å². The maximum atomic E-state index is 12.4. The Hall–Kier alpha value is -2.95. The summed E-state index contributed by atoms with van der Waals surface area (Å²) in [5.41, 5.74) is 3.34. The predicted octanol–water partition coefficient (Wildman–Crippen LogP) is 3.82. The van der Waals surface area contributed by atoms with E-state index in [1.165, 1.54) is 5.56 Å². The summed E-state index contributed by atoms with van der Waals surface area (Å²) in [6.07, 6.45) is 1.45. The highest BCUT2D eigenvalue weighted by Crippen LogP contribution is 2.29. The number of aromatic nitrogens is 2. The van der Waals surface area contributed by atoms with E-state index in [9.17, 15) is 4.79 Å². The van der Waals surface area contributed by atoms with E-state index in [-0.39, 0.29) is 11.8 Å². The first kappa shape index (κ1) is 16.5. The van der Waals surface area contributed by atoms with E-state index in [1.807, 2.05) is 35.2 Å². The van der Waals surface area contributed by atoms with Crippen LogP contribution < -0.4 is 0 Å². The summed E-state index contributed by atoms with van der Waals surface area (Å²) in [4.78, 5) is 18.8. The Morgan fingerprint density at radius 1 is 1.08 bits per heavy atom. The predicted molar refractivity (Wildman–Crippen MR) is 98.3 cm³/mol. The van der Waals surface area contributed by atoms with Gasteiger partial charge < -0.3 is 9.42 Å². The van der Waals surface area contributed by atoms with E-state index in [1.54, 1.807) is 0 Å². The number of carbonyl (C=O) groups is 1. The average molecular weight is 347 g/mol. The summed E-state index contributed by atoms with van der Waals surface area (Å²) in [5.74, 6) is 1.24. The highest BCUT2D eigenvalue weighted by Gasteiger charge is 2.33. The van der Waals surface area contributed by atoms with Gasteiger partial charge in [0.1, 0.15) is 0 Å². The zero-order chi connectivity index (χ0) is 17.9. The van der Waals surface area contributed by atoms with Crippen molar-refractivity contribution in [2.75, 3.05) is 6.54 Å². The van der Waals surface area contributed by atoms with Gasteiger partial charge >= 0.3 is 0 Å². The standard InChI is InChI=1S/C21H21N3O2/c1-2-15-8-10-16(11-9-15)13-24-14-18(12-19(24)25)20-22-21(26-23-20)17-6-4-3-5-7-17/h3-11,18H,2,12-14H2,1H3. The number of aryl methyl sites for hydroxylation is 1. The second kappa shape index (κ2) is 7.12. The molecule has 0 bridgehead atoms. The molecule has 3 aromatic rings. The van der Waals surface area contributed by atoms with Crippen LogP contribution in [0.4, 0.5) is 0 Å². The third-order valence-corrected chi connectivity index (χ3v) is 4.85. The van der Waals surface area contributed by atoms with Crippen LogP contribution >= 0.6 is 0 Å². The molecule has 1 aliphatic heterocycles. The van der Waals surface area contributed by atoms with Crippen LogP contribution in [0.15, 0.2) is 59.1 Å². The van der Waals surface area contributed by atoms with Crippen molar-refractivity contribution < 1.29 is 9.32 Å². The quantitative estimate of drug-likeness (QED) is 0.704. The number of carbonyl (C=O) groups excluding carboxylic acids is 1. The van der Waals surface area contributed by atoms with E-state index in [2.05, 4.69) is 41.3 Å². The Labute approximate surface area is 152 Å². The Balaban J connectivity index is 1.45. The van der Waals surface area contributed by atoms with Gasteiger partial charge in [0.25, 0.3) is 5.89 Å². The third-order valence-electron chi connectivity index (χ3n) is 4.85. The third kappa shape index (κ3) is 3.38. The van der Waals surface area contributed by atoms with Gasteiger partial charge in [-0.3, -0.25) is 4.79 Å². The molecule has 1 unspecified atom stereocenters. The maximum Gasteiger partial charge on any atom is 0.257 e. The van der Waals surface area contributed by atoms with Gasteiger partial charge in [-0.2, -0.15) is 4.98 Å². The van der Waals surface area contributed by atoms with E-state index in [0.29, 0.717) is 31.2 Å². The number of hydrogen-bond acceptors (Lipinski definition) is 4. The fraction of sp³-hybridized carbons (Fsp3) is 0.286. The van der Waals surface area contributed by atoms with Gasteiger partial charge in [-0.15, -0.1) is 0 Å². The molecule has 1 aliphatic rings. The normalized spacial score (nSPS) is 17.0. The van der Waals surface area contributed by atoms with Gasteiger partial charge in [0, 0.05) is 31.0 Å².